The molecule has 2 rings (SSSR count). The predicted octanol–water partition coefficient (Wildman–Crippen LogP) is 0.587. The average Bonchev–Trinajstić information content (AvgIpc) is 2.77. The van der Waals surface area contributed by atoms with Gasteiger partial charge in [-0.15, -0.1) is 0 Å². The van der Waals surface area contributed by atoms with Crippen molar-refractivity contribution in [2.24, 2.45) is 0 Å². The summed E-state index contributed by atoms with van der Waals surface area (Å²) in [7, 11) is 0. The van der Waals surface area contributed by atoms with Gasteiger partial charge in [0.25, 0.3) is 0 Å². The third-order valence-electron chi connectivity index (χ3n) is 2.03. The van der Waals surface area contributed by atoms with Gasteiger partial charge in [-0.1, -0.05) is 0 Å². The summed E-state index contributed by atoms with van der Waals surface area (Å²) in [6.07, 6.45) is 5.24. The molecule has 0 aliphatic heterocycles. The summed E-state index contributed by atoms with van der Waals surface area (Å²) in [5.74, 6) is 0.430. The molecule has 0 aliphatic rings. The zero-order valence-corrected chi connectivity index (χ0v) is 8.57. The highest BCUT2D eigenvalue weighted by molar-refractivity contribution is 5.32. The molecule has 6 nitrogen and oxygen atoms in total. The molecule has 2 heterocycles. The number of rotatable bonds is 2. The van der Waals surface area contributed by atoms with E-state index in [1.54, 1.807) is 6.92 Å². The van der Waals surface area contributed by atoms with Crippen LogP contribution in [0.25, 0.3) is 5.82 Å². The molecule has 0 saturated carbocycles. The largest absolute Gasteiger partial charge is 0.387 e. The third kappa shape index (κ3) is 1.76. The standard InChI is InChI=1S/C10H9N5O/c1-7(16)9-10(13-3-2-12-9)15-6-8(4-11)5-14-15/h2-3,5-7,16H,1H3. The maximum absolute atomic E-state index is 9.52. The molecule has 0 fully saturated rings. The lowest BCUT2D eigenvalue weighted by molar-refractivity contribution is 0.193. The van der Waals surface area contributed by atoms with Crippen LogP contribution in [0.3, 0.4) is 0 Å². The minimum Gasteiger partial charge on any atom is -0.387 e. The maximum Gasteiger partial charge on any atom is 0.177 e. The Morgan fingerprint density at radius 1 is 1.44 bits per heavy atom. The average molecular weight is 215 g/mol. The van der Waals surface area contributed by atoms with Crippen LogP contribution in [0.15, 0.2) is 24.8 Å². The SMILES string of the molecule is CC(O)c1nccnc1-n1cc(C#N)cn1. The molecule has 6 heteroatoms. The first-order valence-electron chi connectivity index (χ1n) is 4.66. The molecule has 16 heavy (non-hydrogen) atoms. The van der Waals surface area contributed by atoms with Gasteiger partial charge in [0, 0.05) is 12.4 Å². The molecule has 2 aromatic heterocycles. The van der Waals surface area contributed by atoms with Gasteiger partial charge in [0.05, 0.1) is 24.1 Å². The quantitative estimate of drug-likeness (QED) is 0.791. The van der Waals surface area contributed by atoms with E-state index in [-0.39, 0.29) is 0 Å². The molecule has 1 unspecified atom stereocenters. The van der Waals surface area contributed by atoms with Crippen molar-refractivity contribution in [1.82, 2.24) is 19.7 Å². The van der Waals surface area contributed by atoms with Crippen LogP contribution in [-0.4, -0.2) is 24.9 Å². The number of hydrogen-bond acceptors (Lipinski definition) is 5. The highest BCUT2D eigenvalue weighted by Gasteiger charge is 2.12. The van der Waals surface area contributed by atoms with Crippen LogP contribution < -0.4 is 0 Å². The van der Waals surface area contributed by atoms with Crippen LogP contribution in [0.2, 0.25) is 0 Å². The fourth-order valence-corrected chi connectivity index (χ4v) is 1.31. The van der Waals surface area contributed by atoms with Gasteiger partial charge in [-0.3, -0.25) is 4.98 Å². The Balaban J connectivity index is 2.52. The smallest absolute Gasteiger partial charge is 0.177 e. The van der Waals surface area contributed by atoms with Crippen LogP contribution in [0.5, 0.6) is 0 Å². The van der Waals surface area contributed by atoms with Crippen molar-refractivity contribution in [2.45, 2.75) is 13.0 Å². The van der Waals surface area contributed by atoms with E-state index in [0.29, 0.717) is 17.1 Å². The van der Waals surface area contributed by atoms with E-state index in [1.807, 2.05) is 6.07 Å². The summed E-state index contributed by atoms with van der Waals surface area (Å²) in [5.41, 5.74) is 0.859. The zero-order chi connectivity index (χ0) is 11.5. The van der Waals surface area contributed by atoms with E-state index in [0.717, 1.165) is 0 Å². The Labute approximate surface area is 91.8 Å². The molecule has 0 spiro atoms. The Hall–Kier alpha value is -2.26. The van der Waals surface area contributed by atoms with Gasteiger partial charge in [0.2, 0.25) is 0 Å². The van der Waals surface area contributed by atoms with Crippen molar-refractivity contribution in [2.75, 3.05) is 0 Å². The van der Waals surface area contributed by atoms with Gasteiger partial charge in [0.15, 0.2) is 5.82 Å². The molecule has 0 amide bonds. The molecular formula is C10H9N5O. The summed E-state index contributed by atoms with van der Waals surface area (Å²) in [6.45, 7) is 1.60. The fraction of sp³-hybridized carbons (Fsp3) is 0.200. The van der Waals surface area contributed by atoms with Crippen molar-refractivity contribution >= 4 is 0 Å². The van der Waals surface area contributed by atoms with Gasteiger partial charge in [0.1, 0.15) is 11.8 Å². The lowest BCUT2D eigenvalue weighted by Gasteiger charge is -2.08. The minimum absolute atomic E-state index is 0.426. The lowest BCUT2D eigenvalue weighted by atomic mass is 10.3. The molecule has 80 valence electrons. The summed E-state index contributed by atoms with van der Waals surface area (Å²) in [6, 6.07) is 1.97. The summed E-state index contributed by atoms with van der Waals surface area (Å²) in [5, 5.41) is 22.2. The van der Waals surface area contributed by atoms with Gasteiger partial charge in [-0.05, 0) is 6.92 Å². The molecule has 2 aromatic rings. The number of aromatic nitrogens is 4. The molecule has 0 aromatic carbocycles. The Bertz CT molecular complexity index is 540. The predicted molar refractivity (Wildman–Crippen MR) is 54.5 cm³/mol. The van der Waals surface area contributed by atoms with Crippen LogP contribution in [-0.2, 0) is 0 Å². The Kier molecular flexibility index (Phi) is 2.62. The van der Waals surface area contributed by atoms with E-state index in [2.05, 4.69) is 15.1 Å². The molecule has 1 N–H and O–H groups in total. The number of hydrogen-bond donors (Lipinski definition) is 1. The first-order valence-corrected chi connectivity index (χ1v) is 4.66. The molecule has 0 radical (unpaired) electrons. The lowest BCUT2D eigenvalue weighted by Crippen LogP contribution is -2.07. The molecular weight excluding hydrogens is 206 g/mol. The van der Waals surface area contributed by atoms with Crippen LogP contribution in [0, 0.1) is 11.3 Å². The van der Waals surface area contributed by atoms with Crippen molar-refractivity contribution in [1.29, 1.82) is 5.26 Å². The summed E-state index contributed by atoms with van der Waals surface area (Å²) in [4.78, 5) is 8.12. The van der Waals surface area contributed by atoms with Gasteiger partial charge >= 0.3 is 0 Å². The first-order chi connectivity index (χ1) is 7.72. The van der Waals surface area contributed by atoms with E-state index >= 15 is 0 Å². The molecule has 0 saturated heterocycles. The van der Waals surface area contributed by atoms with Crippen LogP contribution in [0.1, 0.15) is 24.3 Å². The van der Waals surface area contributed by atoms with Crippen LogP contribution in [0.4, 0.5) is 0 Å². The maximum atomic E-state index is 9.52. The zero-order valence-electron chi connectivity index (χ0n) is 8.57. The summed E-state index contributed by atoms with van der Waals surface area (Å²) < 4.78 is 1.42. The van der Waals surface area contributed by atoms with Crippen molar-refractivity contribution in [3.8, 4) is 11.9 Å². The van der Waals surface area contributed by atoms with E-state index in [4.69, 9.17) is 5.26 Å². The van der Waals surface area contributed by atoms with Gasteiger partial charge in [-0.25, -0.2) is 9.67 Å². The highest BCUT2D eigenvalue weighted by atomic mass is 16.3. The topological polar surface area (TPSA) is 87.6 Å². The van der Waals surface area contributed by atoms with Crippen molar-refractivity contribution < 1.29 is 5.11 Å². The molecule has 1 atom stereocenters. The number of aliphatic hydroxyl groups excluding tert-OH is 1. The van der Waals surface area contributed by atoms with Gasteiger partial charge < -0.3 is 5.11 Å². The van der Waals surface area contributed by atoms with Crippen molar-refractivity contribution in [3.05, 3.63) is 36.0 Å². The van der Waals surface area contributed by atoms with E-state index < -0.39 is 6.10 Å². The fourth-order valence-electron chi connectivity index (χ4n) is 1.31. The monoisotopic (exact) mass is 215 g/mol. The second kappa shape index (κ2) is 4.08. The normalized spacial score (nSPS) is 12.1. The number of nitrogens with zero attached hydrogens (tertiary/aromatic N) is 5. The highest BCUT2D eigenvalue weighted by Crippen LogP contribution is 2.15. The first kappa shape index (κ1) is 10.3. The summed E-state index contributed by atoms with van der Waals surface area (Å²) >= 11 is 0. The third-order valence-corrected chi connectivity index (χ3v) is 2.03. The number of aliphatic hydroxyl groups is 1. The Morgan fingerprint density at radius 3 is 2.81 bits per heavy atom. The van der Waals surface area contributed by atoms with Crippen molar-refractivity contribution in [3.63, 3.8) is 0 Å². The number of nitriles is 1. The van der Waals surface area contributed by atoms with Crippen LogP contribution >= 0.6 is 0 Å². The van der Waals surface area contributed by atoms with E-state index in [9.17, 15) is 5.11 Å². The van der Waals surface area contributed by atoms with E-state index in [1.165, 1.54) is 29.5 Å². The second-order valence-electron chi connectivity index (χ2n) is 3.23. The Morgan fingerprint density at radius 2 is 2.19 bits per heavy atom. The minimum atomic E-state index is -0.738. The molecule has 0 bridgehead atoms. The molecule has 0 aliphatic carbocycles. The van der Waals surface area contributed by atoms with Gasteiger partial charge in [-0.2, -0.15) is 10.4 Å². The second-order valence-corrected chi connectivity index (χ2v) is 3.23.